The number of aromatic nitrogens is 4. The van der Waals surface area contributed by atoms with Gasteiger partial charge in [0.2, 0.25) is 0 Å². The Labute approximate surface area is 218 Å². The van der Waals surface area contributed by atoms with Crippen LogP contribution in [0.15, 0.2) is 35.2 Å². The predicted molar refractivity (Wildman–Crippen MR) is 147 cm³/mol. The van der Waals surface area contributed by atoms with E-state index in [2.05, 4.69) is 54.2 Å². The van der Waals surface area contributed by atoms with Gasteiger partial charge in [0.15, 0.2) is 12.2 Å². The fourth-order valence-electron chi connectivity index (χ4n) is 5.06. The summed E-state index contributed by atoms with van der Waals surface area (Å²) >= 11 is 0. The number of pyridine rings is 1. The average Bonchev–Trinajstić information content (AvgIpc) is 3.50. The Balaban J connectivity index is 1.46. The van der Waals surface area contributed by atoms with Crippen molar-refractivity contribution in [2.75, 3.05) is 11.9 Å². The first-order valence-electron chi connectivity index (χ1n) is 12.9. The summed E-state index contributed by atoms with van der Waals surface area (Å²) in [5.74, 6) is 0.628. The van der Waals surface area contributed by atoms with Crippen molar-refractivity contribution in [3.63, 3.8) is 0 Å². The first-order valence-corrected chi connectivity index (χ1v) is 16.6. The van der Waals surface area contributed by atoms with Crippen molar-refractivity contribution < 1.29 is 9.15 Å². The summed E-state index contributed by atoms with van der Waals surface area (Å²) in [4.78, 5) is 8.97. The maximum Gasteiger partial charge on any atom is 0.181 e. The van der Waals surface area contributed by atoms with Crippen molar-refractivity contribution in [1.29, 1.82) is 5.26 Å². The first-order chi connectivity index (χ1) is 17.7. The molecule has 0 spiro atoms. The lowest BCUT2D eigenvalue weighted by Gasteiger charge is -2.28. The molecule has 1 N–H and O–H groups in total. The normalized spacial score (nSPS) is 15.5. The van der Waals surface area contributed by atoms with Crippen molar-refractivity contribution in [3.8, 4) is 17.5 Å². The van der Waals surface area contributed by atoms with Crippen LogP contribution in [-0.4, -0.2) is 34.4 Å². The van der Waals surface area contributed by atoms with E-state index >= 15 is 0 Å². The zero-order valence-corrected chi connectivity index (χ0v) is 23.3. The molecule has 1 unspecified atom stereocenters. The number of anilines is 1. The third-order valence-electron chi connectivity index (χ3n) is 7.12. The minimum atomic E-state index is -1.16. The van der Waals surface area contributed by atoms with Crippen LogP contribution in [0.1, 0.15) is 47.0 Å². The number of nitriles is 1. The van der Waals surface area contributed by atoms with Crippen LogP contribution in [0.2, 0.25) is 25.7 Å². The molecule has 1 atom stereocenters. The van der Waals surface area contributed by atoms with E-state index in [4.69, 9.17) is 19.2 Å². The van der Waals surface area contributed by atoms with Gasteiger partial charge in [-0.25, -0.2) is 9.67 Å². The minimum Gasteiger partial charge on any atom is -0.442 e. The van der Waals surface area contributed by atoms with E-state index in [9.17, 15) is 5.26 Å². The Morgan fingerprint density at radius 3 is 2.84 bits per heavy atom. The quantitative estimate of drug-likeness (QED) is 0.215. The molecule has 0 bridgehead atoms. The van der Waals surface area contributed by atoms with Crippen molar-refractivity contribution in [2.45, 2.75) is 71.6 Å². The second kappa shape index (κ2) is 10.1. The van der Waals surface area contributed by atoms with Crippen molar-refractivity contribution >= 4 is 24.7 Å². The lowest BCUT2D eigenvalue weighted by atomic mass is 9.86. The highest BCUT2D eigenvalue weighted by atomic mass is 28.3. The maximum atomic E-state index is 9.58. The average molecular weight is 515 g/mol. The van der Waals surface area contributed by atoms with Crippen molar-refractivity contribution in [3.05, 3.63) is 58.9 Å². The lowest BCUT2D eigenvalue weighted by Crippen LogP contribution is -2.22. The second-order valence-corrected chi connectivity index (χ2v) is 16.7. The van der Waals surface area contributed by atoms with Crippen LogP contribution in [-0.2, 0) is 17.9 Å². The zero-order chi connectivity index (χ0) is 26.2. The molecular formula is C28H34N6O2Si. The van der Waals surface area contributed by atoms with Crippen LogP contribution in [0.4, 0.5) is 5.69 Å². The van der Waals surface area contributed by atoms with E-state index in [1.165, 1.54) is 12.0 Å². The van der Waals surface area contributed by atoms with Gasteiger partial charge in [-0.15, -0.1) is 0 Å². The monoisotopic (exact) mass is 514 g/mol. The standard InChI is InChI=1S/C28H34N6O2Si/c1-18-21-7-6-8-24(27(21)31-19(2)23(18)14-29)32-20-9-10-25-22(13-20)28(26-15-30-16-36-26)33-34(25)17-35-11-12-37(3,4)5/h9-10,13,15-16,24,32H,6-8,11-12,17H2,1-5H3. The highest BCUT2D eigenvalue weighted by Gasteiger charge is 2.26. The Morgan fingerprint density at radius 2 is 2.11 bits per heavy atom. The number of hydrogen-bond acceptors (Lipinski definition) is 7. The zero-order valence-electron chi connectivity index (χ0n) is 22.3. The number of hydrogen-bond donors (Lipinski definition) is 1. The summed E-state index contributed by atoms with van der Waals surface area (Å²) in [5.41, 5.74) is 7.56. The van der Waals surface area contributed by atoms with Gasteiger partial charge in [-0.05, 0) is 68.5 Å². The third kappa shape index (κ3) is 5.17. The fraction of sp³-hybridized carbons (Fsp3) is 0.429. The summed E-state index contributed by atoms with van der Waals surface area (Å²) in [7, 11) is -1.16. The molecule has 0 aliphatic heterocycles. The minimum absolute atomic E-state index is 0.0833. The predicted octanol–water partition coefficient (Wildman–Crippen LogP) is 6.38. The topological polar surface area (TPSA) is 102 Å². The number of benzene rings is 1. The van der Waals surface area contributed by atoms with Crippen LogP contribution in [0.25, 0.3) is 22.4 Å². The number of fused-ring (bicyclic) bond motifs is 2. The fourth-order valence-corrected chi connectivity index (χ4v) is 5.82. The summed E-state index contributed by atoms with van der Waals surface area (Å²) < 4.78 is 13.5. The van der Waals surface area contributed by atoms with Gasteiger partial charge in [0.05, 0.1) is 34.7 Å². The molecule has 192 valence electrons. The van der Waals surface area contributed by atoms with E-state index in [-0.39, 0.29) is 6.04 Å². The molecule has 37 heavy (non-hydrogen) atoms. The van der Waals surface area contributed by atoms with Gasteiger partial charge in [-0.3, -0.25) is 4.98 Å². The molecule has 4 aromatic rings. The van der Waals surface area contributed by atoms with E-state index in [1.807, 2.05) is 18.5 Å². The number of nitrogens with one attached hydrogen (secondary N) is 1. The van der Waals surface area contributed by atoms with Gasteiger partial charge < -0.3 is 14.5 Å². The number of oxazole rings is 1. The molecule has 3 heterocycles. The molecule has 0 fully saturated rings. The molecule has 3 aromatic heterocycles. The number of aryl methyl sites for hydroxylation is 1. The largest absolute Gasteiger partial charge is 0.442 e. The highest BCUT2D eigenvalue weighted by Crippen LogP contribution is 2.36. The Morgan fingerprint density at radius 1 is 1.27 bits per heavy atom. The van der Waals surface area contributed by atoms with E-state index in [0.717, 1.165) is 71.1 Å². The van der Waals surface area contributed by atoms with Gasteiger partial charge in [-0.2, -0.15) is 10.4 Å². The molecule has 0 saturated heterocycles. The molecule has 0 radical (unpaired) electrons. The van der Waals surface area contributed by atoms with Gasteiger partial charge >= 0.3 is 0 Å². The van der Waals surface area contributed by atoms with Crippen LogP contribution in [0.5, 0.6) is 0 Å². The Bertz CT molecular complexity index is 1460. The van der Waals surface area contributed by atoms with Crippen LogP contribution in [0.3, 0.4) is 0 Å². The van der Waals surface area contributed by atoms with Crippen molar-refractivity contribution in [2.24, 2.45) is 0 Å². The smallest absolute Gasteiger partial charge is 0.181 e. The molecule has 0 amide bonds. The summed E-state index contributed by atoms with van der Waals surface area (Å²) in [6.45, 7) is 12.1. The number of nitrogens with zero attached hydrogens (tertiary/aromatic N) is 5. The Hall–Kier alpha value is -3.48. The second-order valence-electron chi connectivity index (χ2n) is 11.1. The number of ether oxygens (including phenoxy) is 1. The van der Waals surface area contributed by atoms with Crippen LogP contribution >= 0.6 is 0 Å². The maximum absolute atomic E-state index is 9.58. The van der Waals surface area contributed by atoms with E-state index < -0.39 is 8.07 Å². The number of rotatable bonds is 8. The molecule has 5 rings (SSSR count). The molecular weight excluding hydrogens is 480 g/mol. The lowest BCUT2D eigenvalue weighted by molar-refractivity contribution is 0.0818. The van der Waals surface area contributed by atoms with Crippen molar-refractivity contribution in [1.82, 2.24) is 19.7 Å². The third-order valence-corrected chi connectivity index (χ3v) is 8.82. The SMILES string of the molecule is Cc1nc2c(c(C)c1C#N)CCCC2Nc1ccc2c(c1)c(-c1cnco1)nn2COCC[Si](C)(C)C. The summed E-state index contributed by atoms with van der Waals surface area (Å²) in [5, 5.41) is 19.1. The molecule has 9 heteroatoms. The van der Waals surface area contributed by atoms with Gasteiger partial charge in [-0.1, -0.05) is 19.6 Å². The summed E-state index contributed by atoms with van der Waals surface area (Å²) in [6, 6.07) is 9.82. The first kappa shape index (κ1) is 25.2. The van der Waals surface area contributed by atoms with Gasteiger partial charge in [0.1, 0.15) is 18.5 Å². The molecule has 1 aliphatic carbocycles. The van der Waals surface area contributed by atoms with Gasteiger partial charge in [0, 0.05) is 25.8 Å². The van der Waals surface area contributed by atoms with Gasteiger partial charge in [0.25, 0.3) is 0 Å². The van der Waals surface area contributed by atoms with E-state index in [1.54, 1.807) is 6.20 Å². The van der Waals surface area contributed by atoms with Crippen LogP contribution < -0.4 is 5.32 Å². The summed E-state index contributed by atoms with van der Waals surface area (Å²) in [6.07, 6.45) is 6.12. The molecule has 1 aliphatic rings. The van der Waals surface area contributed by atoms with E-state index in [0.29, 0.717) is 18.1 Å². The highest BCUT2D eigenvalue weighted by molar-refractivity contribution is 6.76. The molecule has 1 aromatic carbocycles. The molecule has 8 nitrogen and oxygen atoms in total. The van der Waals surface area contributed by atoms with Crippen LogP contribution in [0, 0.1) is 25.2 Å². The Kier molecular flexibility index (Phi) is 6.88. The molecule has 0 saturated carbocycles.